The Labute approximate surface area is 119 Å². The number of nitrogens with one attached hydrogen (secondary N) is 1. The number of anilines is 1. The Bertz CT molecular complexity index is 386. The van der Waals surface area contributed by atoms with Crippen molar-refractivity contribution >= 4 is 5.82 Å². The molecule has 0 aliphatic carbocycles. The Morgan fingerprint density at radius 3 is 3.15 bits per heavy atom. The van der Waals surface area contributed by atoms with Crippen LogP contribution in [0.15, 0.2) is 18.3 Å². The third-order valence-corrected chi connectivity index (χ3v) is 3.35. The fourth-order valence-electron chi connectivity index (χ4n) is 2.21. The van der Waals surface area contributed by atoms with Gasteiger partial charge in [-0.2, -0.15) is 0 Å². The van der Waals surface area contributed by atoms with Crippen molar-refractivity contribution in [2.24, 2.45) is 0 Å². The number of hydrogen-bond donors (Lipinski definition) is 2. The summed E-state index contributed by atoms with van der Waals surface area (Å²) in [5.74, 6) is 0.896. The van der Waals surface area contributed by atoms with Crippen molar-refractivity contribution in [2.45, 2.75) is 12.6 Å². The molecule has 0 spiro atoms. The van der Waals surface area contributed by atoms with E-state index in [1.165, 1.54) is 0 Å². The minimum absolute atomic E-state index is 0.00179. The van der Waals surface area contributed by atoms with Crippen molar-refractivity contribution in [1.82, 2.24) is 10.3 Å². The predicted molar refractivity (Wildman–Crippen MR) is 76.9 cm³/mol. The molecule has 6 nitrogen and oxygen atoms in total. The second kappa shape index (κ2) is 8.16. The van der Waals surface area contributed by atoms with Crippen LogP contribution in [-0.2, 0) is 16.0 Å². The summed E-state index contributed by atoms with van der Waals surface area (Å²) in [5, 5.41) is 12.7. The van der Waals surface area contributed by atoms with Crippen molar-refractivity contribution in [3.63, 3.8) is 0 Å². The standard InChI is InChI=1S/C14H23N3O3/c1-19-6-4-15-8-12-2-3-14(16-9-12)17-5-7-20-11-13(17)10-18/h2-3,9,13,15,18H,4-8,10-11H2,1H3. The number of aliphatic hydroxyl groups excluding tert-OH is 1. The van der Waals surface area contributed by atoms with Gasteiger partial charge in [0.05, 0.1) is 32.5 Å². The number of rotatable bonds is 7. The van der Waals surface area contributed by atoms with Crippen LogP contribution in [0.5, 0.6) is 0 Å². The first-order valence-corrected chi connectivity index (χ1v) is 6.95. The third kappa shape index (κ3) is 4.14. The molecule has 0 saturated carbocycles. The average Bonchev–Trinajstić information content (AvgIpc) is 2.52. The Kier molecular flexibility index (Phi) is 6.20. The summed E-state index contributed by atoms with van der Waals surface area (Å²) < 4.78 is 10.4. The molecule has 1 aliphatic heterocycles. The number of nitrogens with zero attached hydrogens (tertiary/aromatic N) is 2. The van der Waals surface area contributed by atoms with Gasteiger partial charge in [-0.1, -0.05) is 6.07 Å². The van der Waals surface area contributed by atoms with Gasteiger partial charge in [0, 0.05) is 32.9 Å². The average molecular weight is 281 g/mol. The van der Waals surface area contributed by atoms with Crippen LogP contribution in [0.2, 0.25) is 0 Å². The predicted octanol–water partition coefficient (Wildman–Crippen LogP) is 0.0151. The molecule has 1 saturated heterocycles. The van der Waals surface area contributed by atoms with Gasteiger partial charge in [0.1, 0.15) is 5.82 Å². The number of aromatic nitrogens is 1. The van der Waals surface area contributed by atoms with Gasteiger partial charge in [-0.15, -0.1) is 0 Å². The fourth-order valence-corrected chi connectivity index (χ4v) is 2.21. The van der Waals surface area contributed by atoms with Gasteiger partial charge in [0.2, 0.25) is 0 Å². The minimum Gasteiger partial charge on any atom is -0.394 e. The van der Waals surface area contributed by atoms with Crippen LogP contribution in [0.25, 0.3) is 0 Å². The van der Waals surface area contributed by atoms with Gasteiger partial charge in [0.15, 0.2) is 0 Å². The molecule has 1 aromatic heterocycles. The van der Waals surface area contributed by atoms with Gasteiger partial charge in [-0.3, -0.25) is 0 Å². The molecule has 2 rings (SSSR count). The number of pyridine rings is 1. The zero-order valence-corrected chi connectivity index (χ0v) is 11.9. The largest absolute Gasteiger partial charge is 0.394 e. The smallest absolute Gasteiger partial charge is 0.128 e. The number of hydrogen-bond acceptors (Lipinski definition) is 6. The van der Waals surface area contributed by atoms with Gasteiger partial charge in [-0.05, 0) is 11.6 Å². The molecule has 112 valence electrons. The molecule has 0 bridgehead atoms. The molecular weight excluding hydrogens is 258 g/mol. The van der Waals surface area contributed by atoms with Crippen molar-refractivity contribution in [2.75, 3.05) is 51.5 Å². The van der Waals surface area contributed by atoms with Gasteiger partial charge in [-0.25, -0.2) is 4.98 Å². The number of aliphatic hydroxyl groups is 1. The molecule has 1 aromatic rings. The highest BCUT2D eigenvalue weighted by Crippen LogP contribution is 2.17. The Balaban J connectivity index is 1.89. The Morgan fingerprint density at radius 1 is 1.55 bits per heavy atom. The van der Waals surface area contributed by atoms with Crippen LogP contribution in [0.4, 0.5) is 5.82 Å². The number of morpholine rings is 1. The molecule has 0 aromatic carbocycles. The molecule has 0 amide bonds. The maximum atomic E-state index is 9.37. The topological polar surface area (TPSA) is 66.9 Å². The highest BCUT2D eigenvalue weighted by atomic mass is 16.5. The highest BCUT2D eigenvalue weighted by Gasteiger charge is 2.23. The van der Waals surface area contributed by atoms with E-state index < -0.39 is 0 Å². The quantitative estimate of drug-likeness (QED) is 0.687. The van der Waals surface area contributed by atoms with Crippen molar-refractivity contribution in [3.05, 3.63) is 23.9 Å². The summed E-state index contributed by atoms with van der Waals surface area (Å²) in [6.07, 6.45) is 1.87. The fraction of sp³-hybridized carbons (Fsp3) is 0.643. The third-order valence-electron chi connectivity index (χ3n) is 3.35. The van der Waals surface area contributed by atoms with E-state index in [1.54, 1.807) is 7.11 Å². The molecule has 20 heavy (non-hydrogen) atoms. The van der Waals surface area contributed by atoms with Crippen LogP contribution in [0, 0.1) is 0 Å². The van der Waals surface area contributed by atoms with E-state index >= 15 is 0 Å². The highest BCUT2D eigenvalue weighted by molar-refractivity contribution is 5.41. The zero-order chi connectivity index (χ0) is 14.2. The van der Waals surface area contributed by atoms with Crippen LogP contribution in [0.3, 0.4) is 0 Å². The summed E-state index contributed by atoms with van der Waals surface area (Å²) in [4.78, 5) is 6.59. The lowest BCUT2D eigenvalue weighted by molar-refractivity contribution is 0.0723. The molecular formula is C14H23N3O3. The van der Waals surface area contributed by atoms with E-state index in [1.807, 2.05) is 12.3 Å². The lowest BCUT2D eigenvalue weighted by Gasteiger charge is -2.35. The van der Waals surface area contributed by atoms with E-state index in [0.717, 1.165) is 31.0 Å². The van der Waals surface area contributed by atoms with Crippen LogP contribution in [0.1, 0.15) is 5.56 Å². The summed E-state index contributed by atoms with van der Waals surface area (Å²) in [5.41, 5.74) is 1.14. The van der Waals surface area contributed by atoms with E-state index in [2.05, 4.69) is 21.3 Å². The maximum Gasteiger partial charge on any atom is 0.128 e. The SMILES string of the molecule is COCCNCc1ccc(N2CCOCC2CO)nc1. The molecule has 1 aliphatic rings. The van der Waals surface area contributed by atoms with Crippen LogP contribution in [-0.4, -0.2) is 62.8 Å². The second-order valence-electron chi connectivity index (χ2n) is 4.80. The van der Waals surface area contributed by atoms with Crippen LogP contribution >= 0.6 is 0 Å². The normalized spacial score (nSPS) is 19.3. The molecule has 1 atom stereocenters. The first-order chi connectivity index (χ1) is 9.85. The van der Waals surface area contributed by atoms with E-state index in [0.29, 0.717) is 19.8 Å². The van der Waals surface area contributed by atoms with Gasteiger partial charge >= 0.3 is 0 Å². The number of methoxy groups -OCH3 is 1. The molecule has 1 fully saturated rings. The summed E-state index contributed by atoms with van der Waals surface area (Å²) in [7, 11) is 1.69. The van der Waals surface area contributed by atoms with Crippen LogP contribution < -0.4 is 10.2 Å². The van der Waals surface area contributed by atoms with E-state index in [9.17, 15) is 5.11 Å². The van der Waals surface area contributed by atoms with Crippen molar-refractivity contribution < 1.29 is 14.6 Å². The Hall–Kier alpha value is -1.21. The molecule has 0 radical (unpaired) electrons. The molecule has 6 heteroatoms. The summed E-state index contributed by atoms with van der Waals surface area (Å²) >= 11 is 0. The summed E-state index contributed by atoms with van der Waals surface area (Å²) in [6, 6.07) is 4.06. The van der Waals surface area contributed by atoms with E-state index in [-0.39, 0.29) is 12.6 Å². The first-order valence-electron chi connectivity index (χ1n) is 6.95. The first kappa shape index (κ1) is 15.2. The molecule has 1 unspecified atom stereocenters. The van der Waals surface area contributed by atoms with Crippen molar-refractivity contribution in [1.29, 1.82) is 0 Å². The van der Waals surface area contributed by atoms with Gasteiger partial charge < -0.3 is 24.8 Å². The van der Waals surface area contributed by atoms with Gasteiger partial charge in [0.25, 0.3) is 0 Å². The van der Waals surface area contributed by atoms with E-state index in [4.69, 9.17) is 9.47 Å². The lowest BCUT2D eigenvalue weighted by atomic mass is 10.2. The van der Waals surface area contributed by atoms with Crippen molar-refractivity contribution in [3.8, 4) is 0 Å². The lowest BCUT2D eigenvalue weighted by Crippen LogP contribution is -2.48. The minimum atomic E-state index is 0.00179. The zero-order valence-electron chi connectivity index (χ0n) is 11.9. The second-order valence-corrected chi connectivity index (χ2v) is 4.80. The summed E-state index contributed by atoms with van der Waals surface area (Å²) in [6.45, 7) is 4.40. The monoisotopic (exact) mass is 281 g/mol. The Morgan fingerprint density at radius 2 is 2.45 bits per heavy atom. The maximum absolute atomic E-state index is 9.37. The molecule has 2 heterocycles. The molecule has 2 N–H and O–H groups in total. The number of ether oxygens (including phenoxy) is 2.